The van der Waals surface area contributed by atoms with Gasteiger partial charge in [-0.3, -0.25) is 0 Å². The number of hydrogen-bond donors (Lipinski definition) is 1. The Morgan fingerprint density at radius 1 is 1.23 bits per heavy atom. The highest BCUT2D eigenvalue weighted by Crippen LogP contribution is 2.31. The molecule has 0 saturated heterocycles. The number of halogens is 3. The first kappa shape index (κ1) is 16.3. The molecule has 120 valence electrons. The van der Waals surface area contributed by atoms with E-state index in [1.54, 1.807) is 12.1 Å². The van der Waals surface area contributed by atoms with E-state index in [-0.39, 0.29) is 11.3 Å². The summed E-state index contributed by atoms with van der Waals surface area (Å²) < 4.78 is 43.8. The minimum Gasteiger partial charge on any atom is -0.497 e. The molecule has 0 spiro atoms. The Kier molecular flexibility index (Phi) is 4.70. The zero-order valence-corrected chi connectivity index (χ0v) is 12.5. The number of hydrogen-bond acceptors (Lipinski definition) is 5. The van der Waals surface area contributed by atoms with Crippen molar-refractivity contribution in [2.45, 2.75) is 6.18 Å². The van der Waals surface area contributed by atoms with Crippen molar-refractivity contribution in [3.05, 3.63) is 24.0 Å². The lowest BCUT2D eigenvalue weighted by molar-refractivity contribution is -0.144. The fourth-order valence-electron chi connectivity index (χ4n) is 1.90. The molecule has 2 aromatic rings. The van der Waals surface area contributed by atoms with Gasteiger partial charge in [-0.05, 0) is 26.2 Å². The molecule has 0 radical (unpaired) electrons. The average Bonchev–Trinajstić information content (AvgIpc) is 2.44. The Morgan fingerprint density at radius 2 is 1.95 bits per heavy atom. The van der Waals surface area contributed by atoms with Crippen LogP contribution in [0.5, 0.6) is 5.75 Å². The molecular formula is C14H17F3N4O. The van der Waals surface area contributed by atoms with Gasteiger partial charge < -0.3 is 15.0 Å². The average molecular weight is 314 g/mol. The maximum absolute atomic E-state index is 12.9. The molecule has 0 bridgehead atoms. The summed E-state index contributed by atoms with van der Waals surface area (Å²) in [6.45, 7) is 1.14. The quantitative estimate of drug-likeness (QED) is 0.919. The topological polar surface area (TPSA) is 50.3 Å². The zero-order chi connectivity index (χ0) is 16.3. The maximum Gasteiger partial charge on any atom is 0.451 e. The summed E-state index contributed by atoms with van der Waals surface area (Å²) in [5.41, 5.74) is 0.189. The smallest absolute Gasteiger partial charge is 0.451 e. The molecule has 0 saturated carbocycles. The number of ether oxygens (including phenoxy) is 1. The largest absolute Gasteiger partial charge is 0.497 e. The zero-order valence-electron chi connectivity index (χ0n) is 12.5. The number of fused-ring (bicyclic) bond motifs is 1. The van der Waals surface area contributed by atoms with Crippen LogP contribution in [-0.2, 0) is 6.18 Å². The van der Waals surface area contributed by atoms with Crippen LogP contribution in [0.3, 0.4) is 0 Å². The minimum absolute atomic E-state index is 0.168. The molecule has 22 heavy (non-hydrogen) atoms. The fourth-order valence-corrected chi connectivity index (χ4v) is 1.90. The van der Waals surface area contributed by atoms with E-state index in [1.165, 1.54) is 13.2 Å². The van der Waals surface area contributed by atoms with Crippen molar-refractivity contribution in [1.82, 2.24) is 14.9 Å². The van der Waals surface area contributed by atoms with E-state index in [0.717, 1.165) is 0 Å². The molecule has 1 aromatic heterocycles. The summed E-state index contributed by atoms with van der Waals surface area (Å²) in [5.74, 6) is -0.555. The van der Waals surface area contributed by atoms with Gasteiger partial charge in [0.2, 0.25) is 5.82 Å². The maximum atomic E-state index is 12.9. The van der Waals surface area contributed by atoms with E-state index in [4.69, 9.17) is 4.74 Å². The number of anilines is 1. The van der Waals surface area contributed by atoms with Crippen molar-refractivity contribution in [3.8, 4) is 5.75 Å². The van der Waals surface area contributed by atoms with Crippen LogP contribution in [-0.4, -0.2) is 49.2 Å². The Morgan fingerprint density at radius 3 is 2.55 bits per heavy atom. The summed E-state index contributed by atoms with van der Waals surface area (Å²) in [6, 6.07) is 4.77. The van der Waals surface area contributed by atoms with Crippen LogP contribution in [0, 0.1) is 0 Å². The first-order valence-electron chi connectivity index (χ1n) is 6.63. The van der Waals surface area contributed by atoms with Crippen molar-refractivity contribution in [2.75, 3.05) is 39.6 Å². The Balaban J connectivity index is 2.46. The van der Waals surface area contributed by atoms with Gasteiger partial charge in [-0.15, -0.1) is 0 Å². The molecule has 1 N–H and O–H groups in total. The van der Waals surface area contributed by atoms with Gasteiger partial charge in [0.25, 0.3) is 0 Å². The molecule has 1 heterocycles. The molecule has 0 amide bonds. The molecular weight excluding hydrogens is 297 g/mol. The van der Waals surface area contributed by atoms with Crippen molar-refractivity contribution >= 4 is 16.7 Å². The summed E-state index contributed by atoms with van der Waals surface area (Å²) >= 11 is 0. The van der Waals surface area contributed by atoms with Gasteiger partial charge in [-0.2, -0.15) is 13.2 Å². The number of aromatic nitrogens is 2. The van der Waals surface area contributed by atoms with Crippen molar-refractivity contribution < 1.29 is 17.9 Å². The normalized spacial score (nSPS) is 12.0. The summed E-state index contributed by atoms with van der Waals surface area (Å²) in [6.07, 6.45) is -4.60. The molecule has 0 aliphatic heterocycles. The van der Waals surface area contributed by atoms with Gasteiger partial charge in [0, 0.05) is 24.5 Å². The van der Waals surface area contributed by atoms with Gasteiger partial charge in [0.1, 0.15) is 11.6 Å². The summed E-state index contributed by atoms with van der Waals surface area (Å²) in [7, 11) is 5.21. The van der Waals surface area contributed by atoms with Gasteiger partial charge in [0.05, 0.1) is 12.6 Å². The van der Waals surface area contributed by atoms with Crippen LogP contribution in [0.15, 0.2) is 18.2 Å². The number of nitrogens with one attached hydrogen (secondary N) is 1. The molecule has 0 unspecified atom stereocenters. The Bertz CT molecular complexity index is 658. The Labute approximate surface area is 126 Å². The summed E-state index contributed by atoms with van der Waals surface area (Å²) in [5, 5.41) is 3.46. The highest BCUT2D eigenvalue weighted by molar-refractivity contribution is 5.90. The van der Waals surface area contributed by atoms with Crippen LogP contribution in [0.2, 0.25) is 0 Å². The van der Waals surface area contributed by atoms with E-state index in [2.05, 4.69) is 15.3 Å². The van der Waals surface area contributed by atoms with Gasteiger partial charge >= 0.3 is 6.18 Å². The first-order chi connectivity index (χ1) is 10.3. The van der Waals surface area contributed by atoms with Gasteiger partial charge in [-0.1, -0.05) is 0 Å². The molecule has 2 rings (SSSR count). The number of rotatable bonds is 5. The van der Waals surface area contributed by atoms with Crippen LogP contribution in [0.25, 0.3) is 10.9 Å². The van der Waals surface area contributed by atoms with Crippen molar-refractivity contribution in [3.63, 3.8) is 0 Å². The lowest BCUT2D eigenvalue weighted by Gasteiger charge is -2.14. The minimum atomic E-state index is -4.60. The van der Waals surface area contributed by atoms with E-state index < -0.39 is 12.0 Å². The predicted molar refractivity (Wildman–Crippen MR) is 78.1 cm³/mol. The van der Waals surface area contributed by atoms with Gasteiger partial charge in [0.15, 0.2) is 0 Å². The highest BCUT2D eigenvalue weighted by atomic mass is 19.4. The van der Waals surface area contributed by atoms with E-state index >= 15 is 0 Å². The lowest BCUT2D eigenvalue weighted by atomic mass is 10.2. The van der Waals surface area contributed by atoms with Crippen molar-refractivity contribution in [2.24, 2.45) is 0 Å². The third-order valence-corrected chi connectivity index (χ3v) is 3.01. The number of benzene rings is 1. The fraction of sp³-hybridized carbons (Fsp3) is 0.429. The number of alkyl halides is 3. The predicted octanol–water partition coefficient (Wildman–Crippen LogP) is 2.63. The second-order valence-corrected chi connectivity index (χ2v) is 5.01. The highest BCUT2D eigenvalue weighted by Gasteiger charge is 2.35. The number of likely N-dealkylation sites (N-methyl/N-ethyl adjacent to an activating group) is 1. The molecule has 0 aliphatic carbocycles. The third-order valence-electron chi connectivity index (χ3n) is 3.01. The summed E-state index contributed by atoms with van der Waals surface area (Å²) in [4.78, 5) is 9.13. The monoisotopic (exact) mass is 314 g/mol. The second-order valence-electron chi connectivity index (χ2n) is 5.01. The van der Waals surface area contributed by atoms with E-state index in [1.807, 2.05) is 19.0 Å². The SMILES string of the molecule is COc1ccc2c(NCCN(C)C)nc(C(F)(F)F)nc2c1. The molecule has 5 nitrogen and oxygen atoms in total. The van der Waals surface area contributed by atoms with Crippen LogP contribution in [0.4, 0.5) is 19.0 Å². The lowest BCUT2D eigenvalue weighted by Crippen LogP contribution is -2.22. The molecule has 0 atom stereocenters. The van der Waals surface area contributed by atoms with Crippen LogP contribution >= 0.6 is 0 Å². The van der Waals surface area contributed by atoms with Gasteiger partial charge in [-0.25, -0.2) is 9.97 Å². The van der Waals surface area contributed by atoms with Crippen LogP contribution < -0.4 is 10.1 Å². The molecule has 0 aliphatic rings. The standard InChI is InChI=1S/C14H17F3N4O/c1-21(2)7-6-18-12-10-5-4-9(22-3)8-11(10)19-13(20-12)14(15,16)17/h4-5,8H,6-7H2,1-3H3,(H,18,19,20). The second kappa shape index (κ2) is 6.35. The molecule has 1 aromatic carbocycles. The number of methoxy groups -OCH3 is 1. The van der Waals surface area contributed by atoms with Crippen molar-refractivity contribution in [1.29, 1.82) is 0 Å². The first-order valence-corrected chi connectivity index (χ1v) is 6.63. The molecule has 8 heteroatoms. The van der Waals surface area contributed by atoms with Crippen LogP contribution in [0.1, 0.15) is 5.82 Å². The van der Waals surface area contributed by atoms with E-state index in [9.17, 15) is 13.2 Å². The third kappa shape index (κ3) is 3.76. The Hall–Kier alpha value is -2.09. The molecule has 0 fully saturated rings. The number of nitrogens with zero attached hydrogens (tertiary/aromatic N) is 3. The van der Waals surface area contributed by atoms with E-state index in [0.29, 0.717) is 24.2 Å².